The van der Waals surface area contributed by atoms with Crippen molar-refractivity contribution >= 4 is 11.9 Å². The molecular formula is C23H32N2O4. The van der Waals surface area contributed by atoms with Crippen molar-refractivity contribution in [1.82, 2.24) is 9.80 Å². The summed E-state index contributed by atoms with van der Waals surface area (Å²) in [5.41, 5.74) is 1.17. The topological polar surface area (TPSA) is 63.0 Å². The molecule has 0 radical (unpaired) electrons. The number of carbonyl (C=O) groups excluding carboxylic acids is 2. The molecule has 0 saturated heterocycles. The summed E-state index contributed by atoms with van der Waals surface area (Å²) in [5.74, 6) is 1.18. The molecule has 0 saturated carbocycles. The van der Waals surface area contributed by atoms with Crippen molar-refractivity contribution in [3.05, 3.63) is 59.5 Å². The number of benzene rings is 1. The number of rotatable bonds is 10. The molecule has 0 aliphatic heterocycles. The number of hydrogen-bond acceptors (Lipinski definition) is 5. The van der Waals surface area contributed by atoms with Gasteiger partial charge in [-0.1, -0.05) is 30.3 Å². The van der Waals surface area contributed by atoms with Gasteiger partial charge in [0.1, 0.15) is 17.6 Å². The zero-order chi connectivity index (χ0) is 21.4. The molecule has 1 aromatic carbocycles. The largest absolute Gasteiger partial charge is 0.468 e. The lowest BCUT2D eigenvalue weighted by Crippen LogP contribution is -2.49. The van der Waals surface area contributed by atoms with Crippen molar-refractivity contribution < 1.29 is 18.7 Å². The summed E-state index contributed by atoms with van der Waals surface area (Å²) < 4.78 is 10.6. The van der Waals surface area contributed by atoms with Crippen LogP contribution in [0, 0.1) is 6.92 Å². The first-order valence-electron chi connectivity index (χ1n) is 10.0. The smallest absolute Gasteiger partial charge is 0.322 e. The molecule has 1 heterocycles. The first-order valence-corrected chi connectivity index (χ1v) is 10.0. The molecule has 0 unspecified atom stereocenters. The molecule has 1 atom stereocenters. The van der Waals surface area contributed by atoms with Crippen LogP contribution < -0.4 is 0 Å². The molecule has 1 amide bonds. The van der Waals surface area contributed by atoms with Gasteiger partial charge in [-0.25, -0.2) is 0 Å². The molecule has 0 bridgehead atoms. The minimum absolute atomic E-state index is 0.0230. The fourth-order valence-electron chi connectivity index (χ4n) is 3.29. The minimum atomic E-state index is -0.495. The molecule has 0 N–H and O–H groups in total. The lowest BCUT2D eigenvalue weighted by Gasteiger charge is -2.32. The van der Waals surface area contributed by atoms with E-state index < -0.39 is 6.04 Å². The van der Waals surface area contributed by atoms with Gasteiger partial charge in [-0.15, -0.1) is 0 Å². The highest BCUT2D eigenvalue weighted by Crippen LogP contribution is 2.14. The Bertz CT molecular complexity index is 785. The average Bonchev–Trinajstić information content (AvgIpc) is 3.13. The van der Waals surface area contributed by atoms with Crippen LogP contribution in [0.3, 0.4) is 0 Å². The second-order valence-electron chi connectivity index (χ2n) is 7.53. The minimum Gasteiger partial charge on any atom is -0.468 e. The van der Waals surface area contributed by atoms with Crippen molar-refractivity contribution in [1.29, 1.82) is 0 Å². The van der Waals surface area contributed by atoms with E-state index in [-0.39, 0.29) is 24.5 Å². The Morgan fingerprint density at radius 2 is 1.76 bits per heavy atom. The van der Waals surface area contributed by atoms with Crippen molar-refractivity contribution in [3.8, 4) is 0 Å². The first-order chi connectivity index (χ1) is 13.8. The average molecular weight is 401 g/mol. The van der Waals surface area contributed by atoms with Crippen LogP contribution in [0.5, 0.6) is 0 Å². The van der Waals surface area contributed by atoms with E-state index in [0.717, 1.165) is 17.9 Å². The predicted octanol–water partition coefficient (Wildman–Crippen LogP) is 3.43. The van der Waals surface area contributed by atoms with Crippen LogP contribution in [0.1, 0.15) is 37.9 Å². The van der Waals surface area contributed by atoms with Crippen molar-refractivity contribution in [2.75, 3.05) is 20.2 Å². The van der Waals surface area contributed by atoms with Crippen LogP contribution in [0.2, 0.25) is 0 Å². The highest BCUT2D eigenvalue weighted by Gasteiger charge is 2.28. The fourth-order valence-corrected chi connectivity index (χ4v) is 3.29. The van der Waals surface area contributed by atoms with Crippen LogP contribution in [0.15, 0.2) is 46.9 Å². The van der Waals surface area contributed by atoms with Gasteiger partial charge < -0.3 is 14.1 Å². The highest BCUT2D eigenvalue weighted by molar-refractivity contribution is 5.80. The maximum Gasteiger partial charge on any atom is 0.322 e. The van der Waals surface area contributed by atoms with E-state index in [0.29, 0.717) is 13.1 Å². The van der Waals surface area contributed by atoms with Gasteiger partial charge in [0.15, 0.2) is 0 Å². The number of methoxy groups -OCH3 is 1. The number of nitrogens with zero attached hydrogens (tertiary/aromatic N) is 2. The van der Waals surface area contributed by atoms with E-state index in [9.17, 15) is 9.59 Å². The number of hydrogen-bond donors (Lipinski definition) is 0. The fraction of sp³-hybridized carbons (Fsp3) is 0.478. The summed E-state index contributed by atoms with van der Waals surface area (Å²) in [7, 11) is 1.37. The summed E-state index contributed by atoms with van der Waals surface area (Å²) in [4.78, 5) is 28.9. The molecular weight excluding hydrogens is 368 g/mol. The molecule has 6 nitrogen and oxygen atoms in total. The number of furan rings is 1. The molecule has 29 heavy (non-hydrogen) atoms. The Morgan fingerprint density at radius 3 is 2.31 bits per heavy atom. The number of amides is 1. The second-order valence-corrected chi connectivity index (χ2v) is 7.53. The molecule has 6 heteroatoms. The standard InChI is InChI=1S/C23H32N2O4/c1-17(2)25(19(4)23(27)28-5)16-22(26)24(15-21-12-11-18(3)29-21)14-13-20-9-7-6-8-10-20/h6-12,17,19H,13-16H2,1-5H3/t19-/m0/s1. The Kier molecular flexibility index (Phi) is 8.46. The van der Waals surface area contributed by atoms with Crippen molar-refractivity contribution in [2.45, 2.75) is 52.7 Å². The van der Waals surface area contributed by atoms with Gasteiger partial charge in [0.25, 0.3) is 0 Å². The van der Waals surface area contributed by atoms with Crippen molar-refractivity contribution in [2.24, 2.45) is 0 Å². The van der Waals surface area contributed by atoms with E-state index in [2.05, 4.69) is 12.1 Å². The molecule has 0 spiro atoms. The number of ether oxygens (including phenoxy) is 1. The number of aryl methyl sites for hydroxylation is 1. The zero-order valence-electron chi connectivity index (χ0n) is 18.1. The van der Waals surface area contributed by atoms with Gasteiger partial charge in [-0.3, -0.25) is 14.5 Å². The number of esters is 1. The van der Waals surface area contributed by atoms with Crippen molar-refractivity contribution in [3.63, 3.8) is 0 Å². The maximum atomic E-state index is 13.2. The van der Waals surface area contributed by atoms with E-state index in [4.69, 9.17) is 9.15 Å². The van der Waals surface area contributed by atoms with Crippen LogP contribution in [-0.2, 0) is 27.3 Å². The second kappa shape index (κ2) is 10.8. The third kappa shape index (κ3) is 6.75. The van der Waals surface area contributed by atoms with Crippen LogP contribution in [0.4, 0.5) is 0 Å². The summed E-state index contributed by atoms with van der Waals surface area (Å²) >= 11 is 0. The third-order valence-electron chi connectivity index (χ3n) is 5.03. The van der Waals surface area contributed by atoms with Gasteiger partial charge >= 0.3 is 5.97 Å². The maximum absolute atomic E-state index is 13.2. The quantitative estimate of drug-likeness (QED) is 0.572. The molecule has 1 aromatic heterocycles. The van der Waals surface area contributed by atoms with Gasteiger partial charge in [0.2, 0.25) is 5.91 Å². The monoisotopic (exact) mass is 400 g/mol. The van der Waals surface area contributed by atoms with E-state index in [1.165, 1.54) is 12.7 Å². The summed E-state index contributed by atoms with van der Waals surface area (Å²) in [6.45, 7) is 8.71. The Balaban J connectivity index is 2.13. The predicted molar refractivity (Wildman–Crippen MR) is 112 cm³/mol. The Hall–Kier alpha value is -2.60. The van der Waals surface area contributed by atoms with E-state index in [1.807, 2.05) is 56.0 Å². The number of carbonyl (C=O) groups is 2. The van der Waals surface area contributed by atoms with Crippen LogP contribution >= 0.6 is 0 Å². The summed E-state index contributed by atoms with van der Waals surface area (Å²) in [5, 5.41) is 0. The van der Waals surface area contributed by atoms with Gasteiger partial charge in [-0.2, -0.15) is 0 Å². The molecule has 158 valence electrons. The van der Waals surface area contributed by atoms with E-state index in [1.54, 1.807) is 11.8 Å². The molecule has 0 aliphatic rings. The highest BCUT2D eigenvalue weighted by atomic mass is 16.5. The zero-order valence-corrected chi connectivity index (χ0v) is 18.1. The van der Waals surface area contributed by atoms with E-state index >= 15 is 0 Å². The Morgan fingerprint density at radius 1 is 1.07 bits per heavy atom. The normalized spacial score (nSPS) is 12.2. The lowest BCUT2D eigenvalue weighted by atomic mass is 10.1. The lowest BCUT2D eigenvalue weighted by molar-refractivity contribution is -0.148. The third-order valence-corrected chi connectivity index (χ3v) is 5.03. The summed E-state index contributed by atoms with van der Waals surface area (Å²) in [6, 6.07) is 13.4. The van der Waals surface area contributed by atoms with Gasteiger partial charge in [0.05, 0.1) is 20.2 Å². The molecule has 2 rings (SSSR count). The van der Waals surface area contributed by atoms with Gasteiger partial charge in [0, 0.05) is 12.6 Å². The molecule has 2 aromatic rings. The summed E-state index contributed by atoms with van der Waals surface area (Å²) in [6.07, 6.45) is 0.751. The van der Waals surface area contributed by atoms with Crippen LogP contribution in [-0.4, -0.2) is 54.0 Å². The molecule has 0 fully saturated rings. The van der Waals surface area contributed by atoms with Gasteiger partial charge in [-0.05, 0) is 51.8 Å². The SMILES string of the molecule is COC(=O)[C@H](C)N(CC(=O)N(CCc1ccccc1)Cc1ccc(C)o1)C(C)C. The molecule has 0 aliphatic carbocycles. The van der Waals surface area contributed by atoms with Crippen LogP contribution in [0.25, 0.3) is 0 Å². The Labute approximate surface area is 173 Å². The first kappa shape index (κ1) is 22.7.